The summed E-state index contributed by atoms with van der Waals surface area (Å²) < 4.78 is 1.03. The number of nitrogens with zero attached hydrogens (tertiary/aromatic N) is 1. The molecule has 0 saturated carbocycles. The zero-order valence-corrected chi connectivity index (χ0v) is 9.50. The van der Waals surface area contributed by atoms with Crippen LogP contribution in [0.5, 0.6) is 0 Å². The van der Waals surface area contributed by atoms with E-state index in [2.05, 4.69) is 24.1 Å². The van der Waals surface area contributed by atoms with Crippen molar-refractivity contribution in [2.24, 2.45) is 13.0 Å². The third-order valence-corrected chi connectivity index (χ3v) is 2.53. The molecule has 1 unspecified atom stereocenters. The highest BCUT2D eigenvalue weighted by atomic mass is 16.2. The number of hydrogen-bond donors (Lipinski definition) is 2. The van der Waals surface area contributed by atoms with Crippen LogP contribution in [0.3, 0.4) is 0 Å². The second-order valence-corrected chi connectivity index (χ2v) is 4.06. The molecule has 5 nitrogen and oxygen atoms in total. The molecule has 0 aromatic carbocycles. The number of H-pyrrole nitrogens is 1. The molecule has 0 bridgehead atoms. The number of hydrogen-bond acceptors (Lipinski definition) is 3. The highest BCUT2D eigenvalue weighted by Crippen LogP contribution is 2.06. The van der Waals surface area contributed by atoms with Crippen molar-refractivity contribution in [2.45, 2.75) is 26.8 Å². The SMILES string of the molecule is CC(C)C(C)Nc1cc(=O)n(C)c(=O)[nH]1. The average molecular weight is 211 g/mol. The van der Waals surface area contributed by atoms with Gasteiger partial charge in [-0.2, -0.15) is 0 Å². The molecule has 1 heterocycles. The Morgan fingerprint density at radius 1 is 1.33 bits per heavy atom. The summed E-state index contributed by atoms with van der Waals surface area (Å²) in [6, 6.07) is 1.59. The lowest BCUT2D eigenvalue weighted by Crippen LogP contribution is -2.34. The fourth-order valence-electron chi connectivity index (χ4n) is 1.05. The fraction of sp³-hybridized carbons (Fsp3) is 0.600. The van der Waals surface area contributed by atoms with E-state index in [0.29, 0.717) is 11.7 Å². The summed E-state index contributed by atoms with van der Waals surface area (Å²) in [6.45, 7) is 6.13. The second-order valence-electron chi connectivity index (χ2n) is 4.06. The molecule has 2 N–H and O–H groups in total. The van der Waals surface area contributed by atoms with Gasteiger partial charge in [0.15, 0.2) is 0 Å². The van der Waals surface area contributed by atoms with Gasteiger partial charge in [0.05, 0.1) is 0 Å². The van der Waals surface area contributed by atoms with E-state index in [1.165, 1.54) is 13.1 Å². The van der Waals surface area contributed by atoms with E-state index in [4.69, 9.17) is 0 Å². The summed E-state index contributed by atoms with van der Waals surface area (Å²) in [7, 11) is 1.44. The lowest BCUT2D eigenvalue weighted by atomic mass is 10.1. The highest BCUT2D eigenvalue weighted by molar-refractivity contribution is 5.33. The molecule has 1 atom stereocenters. The predicted octanol–water partition coefficient (Wildman–Crippen LogP) is 0.530. The van der Waals surface area contributed by atoms with Gasteiger partial charge in [0.1, 0.15) is 5.82 Å². The standard InChI is InChI=1S/C10H17N3O2/c1-6(2)7(3)11-8-5-9(14)13(4)10(15)12-8/h5-7,11H,1-4H3,(H,12,15). The predicted molar refractivity (Wildman–Crippen MR) is 60.2 cm³/mol. The minimum atomic E-state index is -0.402. The molecule has 15 heavy (non-hydrogen) atoms. The van der Waals surface area contributed by atoms with Crippen LogP contribution in [0.1, 0.15) is 20.8 Å². The summed E-state index contributed by atoms with van der Waals surface area (Å²) in [5.74, 6) is 0.905. The van der Waals surface area contributed by atoms with Crippen molar-refractivity contribution in [1.29, 1.82) is 0 Å². The van der Waals surface area contributed by atoms with Crippen LogP contribution in [0.15, 0.2) is 15.7 Å². The van der Waals surface area contributed by atoms with Gasteiger partial charge in [0, 0.05) is 19.2 Å². The van der Waals surface area contributed by atoms with Crippen molar-refractivity contribution in [1.82, 2.24) is 9.55 Å². The van der Waals surface area contributed by atoms with Crippen LogP contribution in [-0.4, -0.2) is 15.6 Å². The first-order valence-corrected chi connectivity index (χ1v) is 4.98. The van der Waals surface area contributed by atoms with Crippen molar-refractivity contribution >= 4 is 5.82 Å². The Balaban J connectivity index is 2.98. The Labute approximate surface area is 88.1 Å². The number of anilines is 1. The maximum absolute atomic E-state index is 11.3. The molecule has 1 rings (SSSR count). The van der Waals surface area contributed by atoms with Gasteiger partial charge in [0.25, 0.3) is 5.56 Å². The fourth-order valence-corrected chi connectivity index (χ4v) is 1.05. The number of aromatic amines is 1. The number of nitrogens with one attached hydrogen (secondary N) is 2. The van der Waals surface area contributed by atoms with Crippen molar-refractivity contribution in [3.05, 3.63) is 26.9 Å². The molecule has 0 amide bonds. The molecule has 0 fully saturated rings. The molecular formula is C10H17N3O2. The van der Waals surface area contributed by atoms with E-state index in [9.17, 15) is 9.59 Å². The third-order valence-electron chi connectivity index (χ3n) is 2.53. The molecular weight excluding hydrogens is 194 g/mol. The normalized spacial score (nSPS) is 12.9. The lowest BCUT2D eigenvalue weighted by Gasteiger charge is -2.18. The number of aromatic nitrogens is 2. The van der Waals surface area contributed by atoms with Gasteiger partial charge < -0.3 is 5.32 Å². The van der Waals surface area contributed by atoms with E-state index in [-0.39, 0.29) is 11.6 Å². The first-order chi connectivity index (χ1) is 6.91. The average Bonchev–Trinajstić information content (AvgIpc) is 2.13. The summed E-state index contributed by atoms with van der Waals surface area (Å²) in [6.07, 6.45) is 0. The molecule has 5 heteroatoms. The van der Waals surface area contributed by atoms with Gasteiger partial charge in [-0.05, 0) is 12.8 Å². The molecule has 0 aliphatic carbocycles. The molecule has 0 saturated heterocycles. The van der Waals surface area contributed by atoms with E-state index in [1.54, 1.807) is 0 Å². The van der Waals surface area contributed by atoms with Crippen molar-refractivity contribution in [3.8, 4) is 0 Å². The van der Waals surface area contributed by atoms with Crippen LogP contribution >= 0.6 is 0 Å². The molecule has 84 valence electrons. The van der Waals surface area contributed by atoms with Crippen LogP contribution in [0.2, 0.25) is 0 Å². The van der Waals surface area contributed by atoms with Crippen molar-refractivity contribution < 1.29 is 0 Å². The summed E-state index contributed by atoms with van der Waals surface area (Å²) in [5, 5.41) is 3.08. The highest BCUT2D eigenvalue weighted by Gasteiger charge is 2.08. The minimum Gasteiger partial charge on any atom is -0.369 e. The zero-order valence-electron chi connectivity index (χ0n) is 9.50. The van der Waals surface area contributed by atoms with Gasteiger partial charge in [-0.1, -0.05) is 13.8 Å². The molecule has 0 aliphatic heterocycles. The van der Waals surface area contributed by atoms with Crippen LogP contribution in [0.4, 0.5) is 5.82 Å². The Morgan fingerprint density at radius 3 is 2.40 bits per heavy atom. The summed E-state index contributed by atoms with van der Waals surface area (Å²) in [4.78, 5) is 25.2. The third kappa shape index (κ3) is 2.71. The van der Waals surface area contributed by atoms with Gasteiger partial charge in [-0.3, -0.25) is 14.3 Å². The van der Waals surface area contributed by atoms with Gasteiger partial charge >= 0.3 is 5.69 Å². The monoisotopic (exact) mass is 211 g/mol. The van der Waals surface area contributed by atoms with E-state index >= 15 is 0 Å². The smallest absolute Gasteiger partial charge is 0.329 e. The second kappa shape index (κ2) is 4.33. The Morgan fingerprint density at radius 2 is 1.93 bits per heavy atom. The molecule has 0 radical (unpaired) electrons. The molecule has 1 aromatic heterocycles. The summed E-state index contributed by atoms with van der Waals surface area (Å²) in [5.41, 5.74) is -0.710. The molecule has 0 aliphatic rings. The Kier molecular flexibility index (Phi) is 3.34. The summed E-state index contributed by atoms with van der Waals surface area (Å²) >= 11 is 0. The van der Waals surface area contributed by atoms with E-state index < -0.39 is 5.69 Å². The maximum Gasteiger partial charge on any atom is 0.329 e. The van der Waals surface area contributed by atoms with E-state index in [0.717, 1.165) is 4.57 Å². The van der Waals surface area contributed by atoms with Crippen LogP contribution in [0, 0.1) is 5.92 Å². The quantitative estimate of drug-likeness (QED) is 0.766. The Hall–Kier alpha value is -1.52. The molecule has 1 aromatic rings. The lowest BCUT2D eigenvalue weighted by molar-refractivity contribution is 0.557. The van der Waals surface area contributed by atoms with Gasteiger partial charge in [-0.15, -0.1) is 0 Å². The maximum atomic E-state index is 11.3. The van der Waals surface area contributed by atoms with Crippen LogP contribution in [0.25, 0.3) is 0 Å². The number of rotatable bonds is 3. The minimum absolute atomic E-state index is 0.202. The van der Waals surface area contributed by atoms with Gasteiger partial charge in [-0.25, -0.2) is 4.79 Å². The van der Waals surface area contributed by atoms with E-state index in [1.807, 2.05) is 6.92 Å². The van der Waals surface area contributed by atoms with Crippen molar-refractivity contribution in [3.63, 3.8) is 0 Å². The van der Waals surface area contributed by atoms with Crippen molar-refractivity contribution in [2.75, 3.05) is 5.32 Å². The first kappa shape index (κ1) is 11.6. The van der Waals surface area contributed by atoms with Crippen LogP contribution in [-0.2, 0) is 7.05 Å². The first-order valence-electron chi connectivity index (χ1n) is 4.98. The van der Waals surface area contributed by atoms with Crippen LogP contribution < -0.4 is 16.6 Å². The Bertz CT molecular complexity index is 413. The van der Waals surface area contributed by atoms with Gasteiger partial charge in [0.2, 0.25) is 0 Å². The largest absolute Gasteiger partial charge is 0.369 e. The molecule has 0 spiro atoms. The topological polar surface area (TPSA) is 66.9 Å². The zero-order chi connectivity index (χ0) is 11.6.